The van der Waals surface area contributed by atoms with Crippen LogP contribution in [-0.4, -0.2) is 12.6 Å². The molecule has 1 heteroatoms. The van der Waals surface area contributed by atoms with E-state index in [9.17, 15) is 0 Å². The van der Waals surface area contributed by atoms with Crippen molar-refractivity contribution in [1.29, 1.82) is 0 Å². The highest BCUT2D eigenvalue weighted by molar-refractivity contribution is 4.67. The molecule has 1 nitrogen and oxygen atoms in total. The van der Waals surface area contributed by atoms with Gasteiger partial charge in [-0.1, -0.05) is 13.8 Å². The van der Waals surface area contributed by atoms with Crippen molar-refractivity contribution in [3.8, 4) is 0 Å². The molecule has 0 aromatic heterocycles. The van der Waals surface area contributed by atoms with Gasteiger partial charge >= 0.3 is 0 Å². The van der Waals surface area contributed by atoms with Crippen LogP contribution in [-0.2, 0) is 0 Å². The smallest absolute Gasteiger partial charge is 0.00391 e. The van der Waals surface area contributed by atoms with Gasteiger partial charge in [0.1, 0.15) is 0 Å². The number of nitrogens with one attached hydrogen (secondary N) is 1. The topological polar surface area (TPSA) is 12.0 Å². The van der Waals surface area contributed by atoms with Crippen LogP contribution in [0.1, 0.15) is 33.6 Å². The second-order valence-electron chi connectivity index (χ2n) is 2.00. The van der Waals surface area contributed by atoms with Gasteiger partial charge in [0.15, 0.2) is 0 Å². The van der Waals surface area contributed by atoms with Crippen LogP contribution in [0.3, 0.4) is 0 Å². The van der Waals surface area contributed by atoms with Crippen molar-refractivity contribution in [2.45, 2.75) is 39.7 Å². The van der Waals surface area contributed by atoms with Gasteiger partial charge in [0.25, 0.3) is 0 Å². The highest BCUT2D eigenvalue weighted by Crippen LogP contribution is 2.01. The zero-order valence-electron chi connectivity index (χ0n) is 6.20. The Balaban J connectivity index is 0.000000222. The standard InChI is InChI=1S/C5H11N.C2H6/c1-5-3-2-4-6-5;1-2/h5-6H,2-4H2,1H3;1-2H3. The average Bonchev–Trinajstić information content (AvgIpc) is 2.24. The Morgan fingerprint density at radius 3 is 2.12 bits per heavy atom. The Morgan fingerprint density at radius 1 is 1.38 bits per heavy atom. The molecule has 1 rings (SSSR count). The molecule has 0 aromatic rings. The van der Waals surface area contributed by atoms with Crippen molar-refractivity contribution in [3.63, 3.8) is 0 Å². The van der Waals surface area contributed by atoms with Crippen LogP contribution >= 0.6 is 0 Å². The number of hydrogen-bond donors (Lipinski definition) is 1. The van der Waals surface area contributed by atoms with E-state index in [0.29, 0.717) is 0 Å². The lowest BCUT2D eigenvalue weighted by molar-refractivity contribution is 0.664. The molecule has 8 heavy (non-hydrogen) atoms. The molecule has 1 aliphatic rings. The highest BCUT2D eigenvalue weighted by Gasteiger charge is 2.05. The molecule has 0 saturated carbocycles. The van der Waals surface area contributed by atoms with Crippen molar-refractivity contribution in [1.82, 2.24) is 5.32 Å². The fourth-order valence-corrected chi connectivity index (χ4v) is 0.859. The van der Waals surface area contributed by atoms with Gasteiger partial charge in [0.05, 0.1) is 0 Å². The van der Waals surface area contributed by atoms with E-state index in [1.807, 2.05) is 13.8 Å². The maximum absolute atomic E-state index is 3.32. The Kier molecular flexibility index (Phi) is 5.08. The zero-order chi connectivity index (χ0) is 6.41. The van der Waals surface area contributed by atoms with Gasteiger partial charge in [-0.15, -0.1) is 0 Å². The molecule has 1 atom stereocenters. The molecule has 0 aliphatic carbocycles. The van der Waals surface area contributed by atoms with Crippen LogP contribution < -0.4 is 5.32 Å². The van der Waals surface area contributed by atoms with Crippen LogP contribution in [0.15, 0.2) is 0 Å². The minimum Gasteiger partial charge on any atom is -0.314 e. The van der Waals surface area contributed by atoms with E-state index in [-0.39, 0.29) is 0 Å². The predicted octanol–water partition coefficient (Wildman–Crippen LogP) is 1.78. The fraction of sp³-hybridized carbons (Fsp3) is 1.00. The number of hydrogen-bond acceptors (Lipinski definition) is 1. The average molecular weight is 115 g/mol. The van der Waals surface area contributed by atoms with E-state index >= 15 is 0 Å². The lowest BCUT2D eigenvalue weighted by Crippen LogP contribution is -2.16. The second kappa shape index (κ2) is 5.10. The van der Waals surface area contributed by atoms with E-state index in [0.717, 1.165) is 6.04 Å². The quantitative estimate of drug-likeness (QED) is 0.507. The monoisotopic (exact) mass is 115 g/mol. The van der Waals surface area contributed by atoms with Crippen LogP contribution in [0.25, 0.3) is 0 Å². The molecule has 0 aromatic carbocycles. The summed E-state index contributed by atoms with van der Waals surface area (Å²) in [7, 11) is 0. The predicted molar refractivity (Wildman–Crippen MR) is 38.0 cm³/mol. The van der Waals surface area contributed by atoms with Gasteiger partial charge in [0, 0.05) is 6.04 Å². The summed E-state index contributed by atoms with van der Waals surface area (Å²) in [4.78, 5) is 0. The van der Waals surface area contributed by atoms with E-state index in [2.05, 4.69) is 12.2 Å². The summed E-state index contributed by atoms with van der Waals surface area (Å²) in [6.45, 7) is 7.47. The van der Waals surface area contributed by atoms with Gasteiger partial charge in [-0.25, -0.2) is 0 Å². The molecular formula is C7H17N. The van der Waals surface area contributed by atoms with Crippen molar-refractivity contribution >= 4 is 0 Å². The molecule has 0 amide bonds. The molecule has 0 radical (unpaired) electrons. The van der Waals surface area contributed by atoms with Gasteiger partial charge in [-0.3, -0.25) is 0 Å². The largest absolute Gasteiger partial charge is 0.314 e. The first-order chi connectivity index (χ1) is 3.89. The lowest BCUT2D eigenvalue weighted by Gasteiger charge is -1.95. The maximum Gasteiger partial charge on any atom is 0.00391 e. The van der Waals surface area contributed by atoms with Crippen LogP contribution in [0.4, 0.5) is 0 Å². The molecule has 0 bridgehead atoms. The van der Waals surface area contributed by atoms with Crippen LogP contribution in [0.5, 0.6) is 0 Å². The number of rotatable bonds is 0. The SMILES string of the molecule is CC.CC1CCCN1. The summed E-state index contributed by atoms with van der Waals surface area (Å²) >= 11 is 0. The van der Waals surface area contributed by atoms with Crippen molar-refractivity contribution in [2.75, 3.05) is 6.54 Å². The first-order valence-electron chi connectivity index (χ1n) is 3.63. The van der Waals surface area contributed by atoms with Crippen molar-refractivity contribution < 1.29 is 0 Å². The third-order valence-corrected chi connectivity index (χ3v) is 1.31. The van der Waals surface area contributed by atoms with Gasteiger partial charge in [-0.05, 0) is 26.3 Å². The van der Waals surface area contributed by atoms with Crippen molar-refractivity contribution in [2.24, 2.45) is 0 Å². The second-order valence-corrected chi connectivity index (χ2v) is 2.00. The Morgan fingerprint density at radius 2 is 2.00 bits per heavy atom. The van der Waals surface area contributed by atoms with Crippen LogP contribution in [0, 0.1) is 0 Å². The fourth-order valence-electron chi connectivity index (χ4n) is 0.859. The van der Waals surface area contributed by atoms with Crippen molar-refractivity contribution in [3.05, 3.63) is 0 Å². The Labute approximate surface area is 52.5 Å². The van der Waals surface area contributed by atoms with Gasteiger partial charge in [0.2, 0.25) is 0 Å². The minimum absolute atomic E-state index is 0.796. The molecular weight excluding hydrogens is 98.1 g/mol. The normalized spacial score (nSPS) is 26.6. The van der Waals surface area contributed by atoms with E-state index in [1.54, 1.807) is 0 Å². The first kappa shape index (κ1) is 7.96. The van der Waals surface area contributed by atoms with Gasteiger partial charge in [-0.2, -0.15) is 0 Å². The summed E-state index contributed by atoms with van der Waals surface area (Å²) in [5.74, 6) is 0. The third-order valence-electron chi connectivity index (χ3n) is 1.31. The molecule has 1 N–H and O–H groups in total. The first-order valence-corrected chi connectivity index (χ1v) is 3.63. The molecule has 0 spiro atoms. The Bertz CT molecular complexity index is 37.7. The lowest BCUT2D eigenvalue weighted by atomic mass is 10.3. The summed E-state index contributed by atoms with van der Waals surface area (Å²) in [5, 5.41) is 3.32. The highest BCUT2D eigenvalue weighted by atomic mass is 14.9. The summed E-state index contributed by atoms with van der Waals surface area (Å²) in [6, 6.07) is 0.796. The van der Waals surface area contributed by atoms with E-state index in [1.165, 1.54) is 19.4 Å². The maximum atomic E-state index is 3.32. The molecule has 1 saturated heterocycles. The zero-order valence-corrected chi connectivity index (χ0v) is 6.20. The van der Waals surface area contributed by atoms with Gasteiger partial charge < -0.3 is 5.32 Å². The molecule has 1 aliphatic heterocycles. The summed E-state index contributed by atoms with van der Waals surface area (Å²) in [6.07, 6.45) is 2.75. The molecule has 1 fully saturated rings. The minimum atomic E-state index is 0.796. The molecule has 50 valence electrons. The third kappa shape index (κ3) is 3.03. The van der Waals surface area contributed by atoms with E-state index in [4.69, 9.17) is 0 Å². The van der Waals surface area contributed by atoms with E-state index < -0.39 is 0 Å². The Hall–Kier alpha value is -0.0400. The molecule has 1 heterocycles. The van der Waals surface area contributed by atoms with Crippen LogP contribution in [0.2, 0.25) is 0 Å². The summed E-state index contributed by atoms with van der Waals surface area (Å²) in [5.41, 5.74) is 0. The summed E-state index contributed by atoms with van der Waals surface area (Å²) < 4.78 is 0. The molecule has 1 unspecified atom stereocenters.